The molecule has 1 aromatic carbocycles. The van der Waals surface area contributed by atoms with E-state index < -0.39 is 0 Å². The van der Waals surface area contributed by atoms with Crippen LogP contribution in [0.5, 0.6) is 0 Å². The average Bonchev–Trinajstić information content (AvgIpc) is 2.45. The summed E-state index contributed by atoms with van der Waals surface area (Å²) in [6.07, 6.45) is 8.20. The van der Waals surface area contributed by atoms with Gasteiger partial charge in [-0.15, -0.1) is 0 Å². The molecule has 0 aromatic heterocycles. The summed E-state index contributed by atoms with van der Waals surface area (Å²) in [4.78, 5) is 0. The molecule has 1 fully saturated rings. The fraction of sp³-hybridized carbons (Fsp3) is 0.667. The van der Waals surface area contributed by atoms with Gasteiger partial charge in [0, 0.05) is 11.6 Å². The van der Waals surface area contributed by atoms with Gasteiger partial charge < -0.3 is 5.32 Å². The predicted molar refractivity (Wildman–Crippen MR) is 81.5 cm³/mol. The lowest BCUT2D eigenvalue weighted by Gasteiger charge is -2.42. The summed E-state index contributed by atoms with van der Waals surface area (Å²) in [6.45, 7) is 7.21. The van der Waals surface area contributed by atoms with Crippen molar-refractivity contribution < 1.29 is 0 Å². The van der Waals surface area contributed by atoms with Crippen molar-refractivity contribution in [3.8, 4) is 0 Å². The normalized spacial score (nSPS) is 28.7. The summed E-state index contributed by atoms with van der Waals surface area (Å²) in [5.74, 6) is 0. The van der Waals surface area contributed by atoms with E-state index >= 15 is 0 Å². The Morgan fingerprint density at radius 3 is 2.47 bits per heavy atom. The molecule has 1 aromatic rings. The van der Waals surface area contributed by atoms with Crippen LogP contribution in [0, 0.1) is 0 Å². The van der Waals surface area contributed by atoms with Gasteiger partial charge in [-0.2, -0.15) is 0 Å². The third-order valence-corrected chi connectivity index (χ3v) is 5.27. The van der Waals surface area contributed by atoms with E-state index in [1.54, 1.807) is 5.56 Å². The topological polar surface area (TPSA) is 12.0 Å². The molecule has 1 heterocycles. The molecule has 104 valence electrons. The molecule has 0 radical (unpaired) electrons. The van der Waals surface area contributed by atoms with Crippen LogP contribution in [-0.4, -0.2) is 5.54 Å². The predicted octanol–water partition coefficient (Wildman–Crippen LogP) is 4.72. The number of rotatable bonds is 0. The lowest BCUT2D eigenvalue weighted by Crippen LogP contribution is -2.49. The molecule has 0 saturated heterocycles. The van der Waals surface area contributed by atoms with E-state index in [-0.39, 0.29) is 5.41 Å². The Morgan fingerprint density at radius 1 is 1.05 bits per heavy atom. The van der Waals surface area contributed by atoms with Crippen molar-refractivity contribution in [1.82, 2.24) is 5.32 Å². The van der Waals surface area contributed by atoms with Gasteiger partial charge in [0.2, 0.25) is 0 Å². The molecule has 2 aliphatic rings. The SMILES string of the molecule is CC1NC2(CCCCC2)CC(C)(C)c2ccccc21. The minimum absolute atomic E-state index is 0.283. The highest BCUT2D eigenvalue weighted by Crippen LogP contribution is 2.45. The summed E-state index contributed by atoms with van der Waals surface area (Å²) < 4.78 is 0. The van der Waals surface area contributed by atoms with Crippen molar-refractivity contribution in [3.05, 3.63) is 35.4 Å². The second-order valence-corrected chi connectivity index (χ2v) is 7.35. The smallest absolute Gasteiger partial charge is 0.0299 e. The first kappa shape index (κ1) is 13.2. The van der Waals surface area contributed by atoms with Crippen molar-refractivity contribution in [2.45, 2.75) is 76.3 Å². The van der Waals surface area contributed by atoms with Crippen molar-refractivity contribution in [3.63, 3.8) is 0 Å². The van der Waals surface area contributed by atoms with Crippen LogP contribution in [0.25, 0.3) is 0 Å². The quantitative estimate of drug-likeness (QED) is 0.709. The van der Waals surface area contributed by atoms with Crippen molar-refractivity contribution >= 4 is 0 Å². The minimum Gasteiger partial charge on any atom is -0.305 e. The molecule has 0 bridgehead atoms. The highest BCUT2D eigenvalue weighted by atomic mass is 15.0. The van der Waals surface area contributed by atoms with Crippen molar-refractivity contribution in [2.24, 2.45) is 0 Å². The fourth-order valence-electron chi connectivity index (χ4n) is 4.57. The molecular weight excluding hydrogens is 230 g/mol. The number of fused-ring (bicyclic) bond motifs is 1. The number of nitrogens with one attached hydrogen (secondary N) is 1. The van der Waals surface area contributed by atoms with Gasteiger partial charge in [-0.3, -0.25) is 0 Å². The van der Waals surface area contributed by atoms with Gasteiger partial charge in [-0.1, -0.05) is 57.4 Å². The van der Waals surface area contributed by atoms with Gasteiger partial charge in [-0.25, -0.2) is 0 Å². The third kappa shape index (κ3) is 2.33. The number of hydrogen-bond acceptors (Lipinski definition) is 1. The van der Waals surface area contributed by atoms with Gasteiger partial charge in [0.05, 0.1) is 0 Å². The van der Waals surface area contributed by atoms with E-state index in [1.807, 2.05) is 0 Å². The molecule has 1 aliphatic heterocycles. The summed E-state index contributed by atoms with van der Waals surface area (Å²) in [5, 5.41) is 4.01. The standard InChI is InChI=1S/C18H27N/c1-14-15-9-5-6-10-16(15)17(2,3)13-18(19-14)11-7-4-8-12-18/h5-6,9-10,14,19H,4,7-8,11-13H2,1-3H3. The van der Waals surface area contributed by atoms with Crippen LogP contribution in [0.1, 0.15) is 76.5 Å². The zero-order valence-corrected chi connectivity index (χ0v) is 12.6. The average molecular weight is 257 g/mol. The van der Waals surface area contributed by atoms with E-state index in [2.05, 4.69) is 50.4 Å². The fourth-order valence-corrected chi connectivity index (χ4v) is 4.57. The van der Waals surface area contributed by atoms with Gasteiger partial charge in [-0.05, 0) is 42.7 Å². The van der Waals surface area contributed by atoms with E-state index in [4.69, 9.17) is 0 Å². The first-order valence-electron chi connectivity index (χ1n) is 7.90. The maximum Gasteiger partial charge on any atom is 0.0299 e. The Bertz CT molecular complexity index is 455. The maximum atomic E-state index is 4.01. The summed E-state index contributed by atoms with van der Waals surface area (Å²) in [6, 6.07) is 9.53. The zero-order valence-electron chi connectivity index (χ0n) is 12.6. The molecule has 1 nitrogen and oxygen atoms in total. The van der Waals surface area contributed by atoms with Crippen LogP contribution in [0.4, 0.5) is 0 Å². The molecule has 1 unspecified atom stereocenters. The molecule has 19 heavy (non-hydrogen) atoms. The molecule has 1 spiro atoms. The van der Waals surface area contributed by atoms with Gasteiger partial charge in [0.1, 0.15) is 0 Å². The van der Waals surface area contributed by atoms with Crippen LogP contribution in [0.15, 0.2) is 24.3 Å². The van der Waals surface area contributed by atoms with Crippen molar-refractivity contribution in [2.75, 3.05) is 0 Å². The second kappa shape index (κ2) is 4.63. The Hall–Kier alpha value is -0.820. The van der Waals surface area contributed by atoms with E-state index in [0.29, 0.717) is 11.6 Å². The summed E-state index contributed by atoms with van der Waals surface area (Å²) >= 11 is 0. The van der Waals surface area contributed by atoms with Crippen LogP contribution >= 0.6 is 0 Å². The maximum absolute atomic E-state index is 4.01. The van der Waals surface area contributed by atoms with Gasteiger partial charge in [0.25, 0.3) is 0 Å². The Kier molecular flexibility index (Phi) is 3.21. The largest absolute Gasteiger partial charge is 0.305 e. The summed E-state index contributed by atoms with van der Waals surface area (Å²) in [5.41, 5.74) is 3.72. The lowest BCUT2D eigenvalue weighted by molar-refractivity contribution is 0.174. The van der Waals surface area contributed by atoms with Crippen LogP contribution in [-0.2, 0) is 5.41 Å². The minimum atomic E-state index is 0.283. The highest BCUT2D eigenvalue weighted by Gasteiger charge is 2.42. The van der Waals surface area contributed by atoms with Crippen LogP contribution in [0.3, 0.4) is 0 Å². The number of hydrogen-bond donors (Lipinski definition) is 1. The Morgan fingerprint density at radius 2 is 1.74 bits per heavy atom. The van der Waals surface area contributed by atoms with Gasteiger partial charge >= 0.3 is 0 Å². The number of benzene rings is 1. The monoisotopic (exact) mass is 257 g/mol. The van der Waals surface area contributed by atoms with Crippen molar-refractivity contribution in [1.29, 1.82) is 0 Å². The molecule has 1 heteroatoms. The second-order valence-electron chi connectivity index (χ2n) is 7.35. The van der Waals surface area contributed by atoms with E-state index in [9.17, 15) is 0 Å². The Labute approximate surface area is 117 Å². The summed E-state index contributed by atoms with van der Waals surface area (Å²) in [7, 11) is 0. The third-order valence-electron chi connectivity index (χ3n) is 5.27. The molecule has 1 atom stereocenters. The molecular formula is C18H27N. The Balaban J connectivity index is 2.03. The van der Waals surface area contributed by atoms with E-state index in [0.717, 1.165) is 0 Å². The molecule has 3 rings (SSSR count). The first-order valence-corrected chi connectivity index (χ1v) is 7.90. The van der Waals surface area contributed by atoms with E-state index in [1.165, 1.54) is 44.1 Å². The lowest BCUT2D eigenvalue weighted by atomic mass is 9.69. The zero-order chi connectivity index (χ0) is 13.5. The molecule has 0 amide bonds. The molecule has 1 saturated carbocycles. The first-order chi connectivity index (χ1) is 9.03. The van der Waals surface area contributed by atoms with Crippen LogP contribution < -0.4 is 5.32 Å². The van der Waals surface area contributed by atoms with Crippen LogP contribution in [0.2, 0.25) is 0 Å². The molecule has 1 N–H and O–H groups in total. The van der Waals surface area contributed by atoms with Gasteiger partial charge in [0.15, 0.2) is 0 Å². The highest BCUT2D eigenvalue weighted by molar-refractivity contribution is 5.37. The molecule has 1 aliphatic carbocycles.